The van der Waals surface area contributed by atoms with Gasteiger partial charge >= 0.3 is 0 Å². The molecule has 1 unspecified atom stereocenters. The van der Waals surface area contributed by atoms with Crippen LogP contribution in [0.15, 0.2) is 18.2 Å². The van der Waals surface area contributed by atoms with E-state index in [1.807, 2.05) is 19.1 Å². The zero-order chi connectivity index (χ0) is 10.8. The molecule has 0 spiro atoms. The molecule has 0 radical (unpaired) electrons. The van der Waals surface area contributed by atoms with Gasteiger partial charge < -0.3 is 9.78 Å². The number of carbonyl (C=O) groups is 1. The normalized spacial score (nSPS) is 12.9. The molecular formula is C12H14N2O. The van der Waals surface area contributed by atoms with E-state index in [2.05, 4.69) is 23.0 Å². The summed E-state index contributed by atoms with van der Waals surface area (Å²) in [5, 5.41) is 0. The van der Waals surface area contributed by atoms with Gasteiger partial charge in [-0.1, -0.05) is 13.0 Å². The van der Waals surface area contributed by atoms with E-state index in [1.165, 1.54) is 5.56 Å². The van der Waals surface area contributed by atoms with E-state index in [4.69, 9.17) is 0 Å². The van der Waals surface area contributed by atoms with Gasteiger partial charge in [0.2, 0.25) is 0 Å². The van der Waals surface area contributed by atoms with Crippen molar-refractivity contribution >= 4 is 17.3 Å². The Kier molecular flexibility index (Phi) is 2.54. The van der Waals surface area contributed by atoms with Crippen molar-refractivity contribution < 1.29 is 4.79 Å². The van der Waals surface area contributed by atoms with E-state index in [9.17, 15) is 4.79 Å². The number of rotatable bonds is 3. The summed E-state index contributed by atoms with van der Waals surface area (Å²) < 4.78 is 0. The number of aldehydes is 1. The standard InChI is InChI=1S/C12H14N2O/c1-8(5-6-15)10-3-4-11-12(7-10)14-9(2)13-11/h3-4,6-8H,5H2,1-2H3,(H,13,14). The summed E-state index contributed by atoms with van der Waals surface area (Å²) in [5.41, 5.74) is 3.20. The Morgan fingerprint density at radius 1 is 1.53 bits per heavy atom. The molecule has 0 aliphatic heterocycles. The Balaban J connectivity index is 2.41. The Hall–Kier alpha value is -1.64. The van der Waals surface area contributed by atoms with Gasteiger partial charge in [0.05, 0.1) is 11.0 Å². The maximum atomic E-state index is 10.4. The van der Waals surface area contributed by atoms with Crippen LogP contribution in [0.4, 0.5) is 0 Å². The number of hydrogen-bond donors (Lipinski definition) is 1. The van der Waals surface area contributed by atoms with Gasteiger partial charge in [0.25, 0.3) is 0 Å². The number of hydrogen-bond acceptors (Lipinski definition) is 2. The van der Waals surface area contributed by atoms with Crippen molar-refractivity contribution in [3.05, 3.63) is 29.6 Å². The van der Waals surface area contributed by atoms with Crippen LogP contribution in [0, 0.1) is 6.92 Å². The highest BCUT2D eigenvalue weighted by molar-refractivity contribution is 5.76. The molecule has 1 aromatic heterocycles. The molecule has 78 valence electrons. The average molecular weight is 202 g/mol. The zero-order valence-corrected chi connectivity index (χ0v) is 8.95. The highest BCUT2D eigenvalue weighted by Gasteiger charge is 2.06. The molecule has 3 nitrogen and oxygen atoms in total. The Morgan fingerprint density at radius 2 is 2.33 bits per heavy atom. The zero-order valence-electron chi connectivity index (χ0n) is 8.95. The predicted octanol–water partition coefficient (Wildman–Crippen LogP) is 2.56. The third kappa shape index (κ3) is 1.91. The van der Waals surface area contributed by atoms with Crippen molar-refractivity contribution in [3.63, 3.8) is 0 Å². The van der Waals surface area contributed by atoms with Gasteiger partial charge in [0.15, 0.2) is 0 Å². The van der Waals surface area contributed by atoms with E-state index in [-0.39, 0.29) is 5.92 Å². The lowest BCUT2D eigenvalue weighted by Crippen LogP contribution is -1.93. The van der Waals surface area contributed by atoms with Crippen LogP contribution in [-0.2, 0) is 4.79 Å². The SMILES string of the molecule is Cc1nc2ccc(C(C)CC=O)cc2[nH]1. The predicted molar refractivity (Wildman–Crippen MR) is 59.9 cm³/mol. The average Bonchev–Trinajstić information content (AvgIpc) is 2.57. The van der Waals surface area contributed by atoms with Gasteiger partial charge in [0, 0.05) is 6.42 Å². The highest BCUT2D eigenvalue weighted by Crippen LogP contribution is 2.21. The first-order valence-electron chi connectivity index (χ1n) is 5.10. The quantitative estimate of drug-likeness (QED) is 0.777. The van der Waals surface area contributed by atoms with Crippen LogP contribution in [0.2, 0.25) is 0 Å². The number of imidazole rings is 1. The summed E-state index contributed by atoms with van der Waals surface area (Å²) in [5.74, 6) is 1.20. The highest BCUT2D eigenvalue weighted by atomic mass is 16.1. The number of fused-ring (bicyclic) bond motifs is 1. The van der Waals surface area contributed by atoms with Gasteiger partial charge in [-0.3, -0.25) is 0 Å². The van der Waals surface area contributed by atoms with Crippen molar-refractivity contribution in [2.24, 2.45) is 0 Å². The molecule has 0 aliphatic rings. The van der Waals surface area contributed by atoms with Gasteiger partial charge in [-0.15, -0.1) is 0 Å². The molecular weight excluding hydrogens is 188 g/mol. The van der Waals surface area contributed by atoms with E-state index in [0.29, 0.717) is 6.42 Å². The summed E-state index contributed by atoms with van der Waals surface area (Å²) >= 11 is 0. The second kappa shape index (κ2) is 3.85. The fraction of sp³-hybridized carbons (Fsp3) is 0.333. The summed E-state index contributed by atoms with van der Waals surface area (Å²) in [6, 6.07) is 6.11. The molecule has 0 aliphatic carbocycles. The van der Waals surface area contributed by atoms with Crippen LogP contribution in [0.25, 0.3) is 11.0 Å². The van der Waals surface area contributed by atoms with Crippen molar-refractivity contribution in [2.45, 2.75) is 26.2 Å². The fourth-order valence-corrected chi connectivity index (χ4v) is 1.74. The number of nitrogens with zero attached hydrogens (tertiary/aromatic N) is 1. The maximum Gasteiger partial charge on any atom is 0.120 e. The van der Waals surface area contributed by atoms with Gasteiger partial charge in [0.1, 0.15) is 12.1 Å². The third-order valence-corrected chi connectivity index (χ3v) is 2.64. The minimum atomic E-state index is 0.274. The second-order valence-electron chi connectivity index (χ2n) is 3.90. The van der Waals surface area contributed by atoms with Gasteiger partial charge in [-0.25, -0.2) is 4.98 Å². The fourth-order valence-electron chi connectivity index (χ4n) is 1.74. The van der Waals surface area contributed by atoms with Crippen molar-refractivity contribution in [2.75, 3.05) is 0 Å². The number of carbonyl (C=O) groups excluding carboxylic acids is 1. The molecule has 1 N–H and O–H groups in total. The number of H-pyrrole nitrogens is 1. The molecule has 0 saturated carbocycles. The lowest BCUT2D eigenvalue weighted by atomic mass is 9.98. The minimum Gasteiger partial charge on any atom is -0.342 e. The molecule has 2 aromatic rings. The molecule has 1 atom stereocenters. The lowest BCUT2D eigenvalue weighted by Gasteiger charge is -2.07. The summed E-state index contributed by atoms with van der Waals surface area (Å²) in [4.78, 5) is 18.0. The topological polar surface area (TPSA) is 45.8 Å². The van der Waals surface area contributed by atoms with Crippen LogP contribution >= 0.6 is 0 Å². The molecule has 0 fully saturated rings. The van der Waals surface area contributed by atoms with Crippen LogP contribution in [-0.4, -0.2) is 16.3 Å². The summed E-state index contributed by atoms with van der Waals surface area (Å²) in [6.45, 7) is 3.99. The van der Waals surface area contributed by atoms with Gasteiger partial charge in [-0.05, 0) is 30.5 Å². The molecule has 0 bridgehead atoms. The van der Waals surface area contributed by atoms with E-state index < -0.39 is 0 Å². The number of aromatic amines is 1. The molecule has 3 heteroatoms. The molecule has 1 aromatic carbocycles. The summed E-state index contributed by atoms with van der Waals surface area (Å²) in [6.07, 6.45) is 1.53. The van der Waals surface area contributed by atoms with Crippen LogP contribution in [0.3, 0.4) is 0 Å². The monoisotopic (exact) mass is 202 g/mol. The molecule has 15 heavy (non-hydrogen) atoms. The largest absolute Gasteiger partial charge is 0.342 e. The Labute approximate surface area is 88.5 Å². The van der Waals surface area contributed by atoms with Crippen LogP contribution < -0.4 is 0 Å². The number of nitrogens with one attached hydrogen (secondary N) is 1. The Bertz CT molecular complexity index is 487. The molecule has 1 heterocycles. The number of aromatic nitrogens is 2. The first-order valence-corrected chi connectivity index (χ1v) is 5.10. The smallest absolute Gasteiger partial charge is 0.120 e. The third-order valence-electron chi connectivity index (χ3n) is 2.64. The van der Waals surface area contributed by atoms with E-state index in [0.717, 1.165) is 23.1 Å². The van der Waals surface area contributed by atoms with Crippen molar-refractivity contribution in [1.82, 2.24) is 9.97 Å². The lowest BCUT2D eigenvalue weighted by molar-refractivity contribution is -0.108. The Morgan fingerprint density at radius 3 is 3.07 bits per heavy atom. The van der Waals surface area contributed by atoms with Gasteiger partial charge in [-0.2, -0.15) is 0 Å². The van der Waals surface area contributed by atoms with Crippen molar-refractivity contribution in [1.29, 1.82) is 0 Å². The van der Waals surface area contributed by atoms with E-state index >= 15 is 0 Å². The first kappa shape index (κ1) is 9.90. The number of aryl methyl sites for hydroxylation is 1. The van der Waals surface area contributed by atoms with Crippen LogP contribution in [0.5, 0.6) is 0 Å². The molecule has 0 saturated heterocycles. The minimum absolute atomic E-state index is 0.274. The first-order chi connectivity index (χ1) is 7.20. The maximum absolute atomic E-state index is 10.4. The van der Waals surface area contributed by atoms with Crippen molar-refractivity contribution in [3.8, 4) is 0 Å². The second-order valence-corrected chi connectivity index (χ2v) is 3.90. The number of benzene rings is 1. The van der Waals surface area contributed by atoms with Crippen LogP contribution in [0.1, 0.15) is 30.7 Å². The molecule has 0 amide bonds. The van der Waals surface area contributed by atoms with E-state index in [1.54, 1.807) is 0 Å². The summed E-state index contributed by atoms with van der Waals surface area (Å²) in [7, 11) is 0. The molecule has 2 rings (SSSR count).